The summed E-state index contributed by atoms with van der Waals surface area (Å²) in [5, 5.41) is 10.8. The lowest BCUT2D eigenvalue weighted by molar-refractivity contribution is 0.0932. The van der Waals surface area contributed by atoms with Crippen molar-refractivity contribution < 1.29 is 19.0 Å². The van der Waals surface area contributed by atoms with E-state index in [9.17, 15) is 4.79 Å². The first-order valence-corrected chi connectivity index (χ1v) is 10.6. The standard InChI is InChI=1S/C24H28N4O4/c1-30-19-8-6-16(7-9-19)22-14-23(27-26-22)28-10-4-5-18(15-28)25-24(29)17-11-20(31-2)13-21(12-17)32-3/h6-9,11-14,18H,4-5,10,15H2,1-3H3,(H,25,29)(H,26,27)/t18-/m0/s1. The predicted molar refractivity (Wildman–Crippen MR) is 123 cm³/mol. The summed E-state index contributed by atoms with van der Waals surface area (Å²) >= 11 is 0. The number of carbonyl (C=O) groups is 1. The van der Waals surface area contributed by atoms with Crippen molar-refractivity contribution in [3.8, 4) is 28.5 Å². The lowest BCUT2D eigenvalue weighted by Gasteiger charge is -2.33. The van der Waals surface area contributed by atoms with Crippen molar-refractivity contribution >= 4 is 11.7 Å². The number of H-pyrrole nitrogens is 1. The van der Waals surface area contributed by atoms with E-state index in [-0.39, 0.29) is 11.9 Å². The molecule has 0 radical (unpaired) electrons. The third-order valence-corrected chi connectivity index (χ3v) is 5.66. The van der Waals surface area contributed by atoms with Crippen molar-refractivity contribution in [1.29, 1.82) is 0 Å². The number of anilines is 1. The van der Waals surface area contributed by atoms with Gasteiger partial charge in [-0.05, 0) is 54.8 Å². The molecule has 32 heavy (non-hydrogen) atoms. The summed E-state index contributed by atoms with van der Waals surface area (Å²) in [7, 11) is 4.79. The maximum Gasteiger partial charge on any atom is 0.251 e. The average molecular weight is 437 g/mol. The summed E-state index contributed by atoms with van der Waals surface area (Å²) in [6.07, 6.45) is 1.89. The van der Waals surface area contributed by atoms with Gasteiger partial charge in [0.2, 0.25) is 0 Å². The highest BCUT2D eigenvalue weighted by Crippen LogP contribution is 2.26. The number of amides is 1. The van der Waals surface area contributed by atoms with Crippen LogP contribution in [0.4, 0.5) is 5.82 Å². The van der Waals surface area contributed by atoms with Crippen molar-refractivity contribution in [3.05, 3.63) is 54.1 Å². The minimum Gasteiger partial charge on any atom is -0.497 e. The second kappa shape index (κ2) is 9.64. The fourth-order valence-corrected chi connectivity index (χ4v) is 3.90. The Balaban J connectivity index is 1.42. The van der Waals surface area contributed by atoms with Gasteiger partial charge < -0.3 is 24.4 Å². The first-order chi connectivity index (χ1) is 15.6. The van der Waals surface area contributed by atoms with E-state index in [0.717, 1.165) is 42.2 Å². The van der Waals surface area contributed by atoms with E-state index in [4.69, 9.17) is 14.2 Å². The molecular formula is C24H28N4O4. The van der Waals surface area contributed by atoms with Gasteiger partial charge in [-0.3, -0.25) is 9.89 Å². The zero-order valence-corrected chi connectivity index (χ0v) is 18.6. The van der Waals surface area contributed by atoms with Gasteiger partial charge in [-0.25, -0.2) is 0 Å². The molecule has 1 aromatic heterocycles. The number of methoxy groups -OCH3 is 3. The molecule has 4 rings (SSSR count). The quantitative estimate of drug-likeness (QED) is 0.589. The van der Waals surface area contributed by atoms with Crippen molar-refractivity contribution in [2.75, 3.05) is 39.3 Å². The summed E-state index contributed by atoms with van der Waals surface area (Å²) in [6, 6.07) is 15.1. The Morgan fingerprint density at radius 3 is 2.34 bits per heavy atom. The van der Waals surface area contributed by atoms with Crippen LogP contribution in [0.25, 0.3) is 11.3 Å². The van der Waals surface area contributed by atoms with E-state index >= 15 is 0 Å². The molecule has 2 aromatic carbocycles. The summed E-state index contributed by atoms with van der Waals surface area (Å²) < 4.78 is 15.8. The van der Waals surface area contributed by atoms with Crippen LogP contribution >= 0.6 is 0 Å². The van der Waals surface area contributed by atoms with Crippen LogP contribution in [0.15, 0.2) is 48.5 Å². The Kier molecular flexibility index (Phi) is 6.49. The molecule has 2 heterocycles. The van der Waals surface area contributed by atoms with Crippen molar-refractivity contribution in [3.63, 3.8) is 0 Å². The van der Waals surface area contributed by atoms with Crippen LogP contribution in [-0.4, -0.2) is 56.6 Å². The summed E-state index contributed by atoms with van der Waals surface area (Å²) in [4.78, 5) is 15.1. The number of nitrogens with one attached hydrogen (secondary N) is 2. The lowest BCUT2D eigenvalue weighted by atomic mass is 10.0. The van der Waals surface area contributed by atoms with Crippen LogP contribution < -0.4 is 24.4 Å². The number of piperidine rings is 1. The minimum absolute atomic E-state index is 0.0228. The van der Waals surface area contributed by atoms with E-state index in [0.29, 0.717) is 23.6 Å². The zero-order chi connectivity index (χ0) is 22.5. The van der Waals surface area contributed by atoms with Gasteiger partial charge >= 0.3 is 0 Å². The molecule has 1 amide bonds. The van der Waals surface area contributed by atoms with Gasteiger partial charge in [0.25, 0.3) is 5.91 Å². The molecule has 168 valence electrons. The summed E-state index contributed by atoms with van der Waals surface area (Å²) in [5.74, 6) is 2.72. The van der Waals surface area contributed by atoms with E-state index in [1.165, 1.54) is 0 Å². The lowest BCUT2D eigenvalue weighted by Crippen LogP contribution is -2.48. The van der Waals surface area contributed by atoms with E-state index in [1.807, 2.05) is 30.3 Å². The maximum absolute atomic E-state index is 12.9. The molecule has 1 saturated heterocycles. The van der Waals surface area contributed by atoms with Gasteiger partial charge in [0.1, 0.15) is 17.2 Å². The van der Waals surface area contributed by atoms with Crippen LogP contribution in [0.5, 0.6) is 17.2 Å². The normalized spacial score (nSPS) is 15.8. The smallest absolute Gasteiger partial charge is 0.251 e. The van der Waals surface area contributed by atoms with Crippen LogP contribution in [0, 0.1) is 0 Å². The topological polar surface area (TPSA) is 88.7 Å². The number of ether oxygens (including phenoxy) is 3. The SMILES string of the molecule is COc1ccc(-c2cc(N3CCC[C@H](NC(=O)c4cc(OC)cc(OC)c4)C3)n[nH]2)cc1. The first kappa shape index (κ1) is 21.5. The van der Waals surface area contributed by atoms with E-state index in [2.05, 4.69) is 20.4 Å². The maximum atomic E-state index is 12.9. The molecule has 0 bridgehead atoms. The fraction of sp³-hybridized carbons (Fsp3) is 0.333. The highest BCUT2D eigenvalue weighted by Gasteiger charge is 2.24. The largest absolute Gasteiger partial charge is 0.497 e. The molecule has 3 aromatic rings. The van der Waals surface area contributed by atoms with Gasteiger partial charge in [0, 0.05) is 36.8 Å². The summed E-state index contributed by atoms with van der Waals surface area (Å²) in [6.45, 7) is 1.59. The molecule has 8 nitrogen and oxygen atoms in total. The van der Waals surface area contributed by atoms with Gasteiger partial charge in [-0.1, -0.05) is 0 Å². The van der Waals surface area contributed by atoms with E-state index in [1.54, 1.807) is 39.5 Å². The van der Waals surface area contributed by atoms with Crippen LogP contribution in [-0.2, 0) is 0 Å². The molecule has 1 fully saturated rings. The van der Waals surface area contributed by atoms with Crippen molar-refractivity contribution in [1.82, 2.24) is 15.5 Å². The molecule has 1 aliphatic rings. The predicted octanol–water partition coefficient (Wildman–Crippen LogP) is 3.50. The second-order valence-corrected chi connectivity index (χ2v) is 7.73. The highest BCUT2D eigenvalue weighted by molar-refractivity contribution is 5.95. The molecule has 1 aliphatic heterocycles. The number of hydrogen-bond acceptors (Lipinski definition) is 6. The monoisotopic (exact) mass is 436 g/mol. The van der Waals surface area contributed by atoms with Gasteiger partial charge in [0.05, 0.1) is 27.0 Å². The Hall–Kier alpha value is -3.68. The molecule has 2 N–H and O–H groups in total. The molecule has 8 heteroatoms. The number of aromatic nitrogens is 2. The van der Waals surface area contributed by atoms with E-state index < -0.39 is 0 Å². The minimum atomic E-state index is -0.144. The Labute approximate surface area is 187 Å². The molecule has 0 unspecified atom stereocenters. The van der Waals surface area contributed by atoms with Gasteiger partial charge in [-0.15, -0.1) is 0 Å². The number of rotatable bonds is 7. The van der Waals surface area contributed by atoms with Crippen LogP contribution in [0.1, 0.15) is 23.2 Å². The number of benzene rings is 2. The Bertz CT molecular complexity index is 1040. The van der Waals surface area contributed by atoms with Crippen molar-refractivity contribution in [2.24, 2.45) is 0 Å². The highest BCUT2D eigenvalue weighted by atomic mass is 16.5. The first-order valence-electron chi connectivity index (χ1n) is 10.6. The Morgan fingerprint density at radius 1 is 1.00 bits per heavy atom. The Morgan fingerprint density at radius 2 is 1.69 bits per heavy atom. The molecular weight excluding hydrogens is 408 g/mol. The van der Waals surface area contributed by atoms with Gasteiger partial charge in [0.15, 0.2) is 5.82 Å². The zero-order valence-electron chi connectivity index (χ0n) is 18.6. The number of nitrogens with zero attached hydrogens (tertiary/aromatic N) is 2. The second-order valence-electron chi connectivity index (χ2n) is 7.73. The fourth-order valence-electron chi connectivity index (χ4n) is 3.90. The van der Waals surface area contributed by atoms with Crippen LogP contribution in [0.3, 0.4) is 0 Å². The third-order valence-electron chi connectivity index (χ3n) is 5.66. The van der Waals surface area contributed by atoms with Gasteiger partial charge in [-0.2, -0.15) is 5.10 Å². The third kappa shape index (κ3) is 4.80. The number of hydrogen-bond donors (Lipinski definition) is 2. The summed E-state index contributed by atoms with van der Waals surface area (Å²) in [5.41, 5.74) is 2.50. The van der Waals surface area contributed by atoms with Crippen molar-refractivity contribution in [2.45, 2.75) is 18.9 Å². The molecule has 0 aliphatic carbocycles. The molecule has 0 spiro atoms. The number of carbonyl (C=O) groups excluding carboxylic acids is 1. The van der Waals surface area contributed by atoms with Crippen LogP contribution in [0.2, 0.25) is 0 Å². The number of aromatic amines is 1. The molecule has 1 atom stereocenters. The molecule has 0 saturated carbocycles. The average Bonchev–Trinajstić information content (AvgIpc) is 3.34.